The number of carbonyl (C=O) groups excluding carboxylic acids is 1. The van der Waals surface area contributed by atoms with Crippen LogP contribution in [0.15, 0.2) is 30.4 Å². The molecule has 118 valence electrons. The maximum atomic E-state index is 12.4. The zero-order chi connectivity index (χ0) is 15.9. The number of hydrogen-bond donors (Lipinski definition) is 1. The lowest BCUT2D eigenvalue weighted by atomic mass is 9.93. The number of methoxy groups -OCH3 is 2. The van der Waals surface area contributed by atoms with Crippen LogP contribution in [-0.2, 0) is 19.0 Å². The monoisotopic (exact) mass is 343 g/mol. The number of esters is 1. The van der Waals surface area contributed by atoms with E-state index in [1.54, 1.807) is 30.4 Å². The summed E-state index contributed by atoms with van der Waals surface area (Å²) in [6.07, 6.45) is 2.52. The molecule has 2 heterocycles. The molecule has 0 aliphatic carbocycles. The van der Waals surface area contributed by atoms with Crippen LogP contribution in [0.5, 0.6) is 0 Å². The average molecular weight is 344 g/mol. The summed E-state index contributed by atoms with van der Waals surface area (Å²) in [7, 11) is 2.87. The number of benzene rings is 1. The fourth-order valence-corrected chi connectivity index (χ4v) is 3.43. The molecule has 2 aliphatic rings. The van der Waals surface area contributed by atoms with E-state index in [-0.39, 0.29) is 6.04 Å². The molecule has 1 aromatic rings. The Labute approximate surface area is 138 Å². The van der Waals surface area contributed by atoms with Gasteiger partial charge in [-0.2, -0.15) is 0 Å². The Bertz CT molecular complexity index is 616. The largest absolute Gasteiger partial charge is 0.467 e. The highest BCUT2D eigenvalue weighted by Crippen LogP contribution is 2.50. The smallest absolute Gasteiger partial charge is 0.331 e. The predicted molar refractivity (Wildman–Crippen MR) is 81.9 cm³/mol. The summed E-state index contributed by atoms with van der Waals surface area (Å²) in [5.41, 5.74) is -0.387. The first-order chi connectivity index (χ1) is 10.5. The van der Waals surface area contributed by atoms with E-state index in [1.165, 1.54) is 14.2 Å². The Morgan fingerprint density at radius 1 is 1.27 bits per heavy atom. The molecule has 0 spiro atoms. The van der Waals surface area contributed by atoms with Crippen molar-refractivity contribution in [3.05, 3.63) is 46.0 Å². The van der Waals surface area contributed by atoms with Crippen LogP contribution in [0.4, 0.5) is 0 Å². The van der Waals surface area contributed by atoms with Gasteiger partial charge in [-0.1, -0.05) is 35.3 Å². The zero-order valence-corrected chi connectivity index (χ0v) is 13.5. The normalized spacial score (nSPS) is 33.0. The molecule has 3 rings (SSSR count). The molecular weight excluding hydrogens is 329 g/mol. The Morgan fingerprint density at radius 2 is 1.95 bits per heavy atom. The third-order valence-electron chi connectivity index (χ3n) is 3.97. The number of halogens is 2. The van der Waals surface area contributed by atoms with Crippen LogP contribution in [0.3, 0.4) is 0 Å². The molecule has 0 amide bonds. The lowest BCUT2D eigenvalue weighted by molar-refractivity contribution is -0.153. The van der Waals surface area contributed by atoms with E-state index in [4.69, 9.17) is 37.4 Å². The summed E-state index contributed by atoms with van der Waals surface area (Å²) >= 11 is 12.5. The van der Waals surface area contributed by atoms with Gasteiger partial charge in [-0.3, -0.25) is 5.32 Å². The zero-order valence-electron chi connectivity index (χ0n) is 12.0. The van der Waals surface area contributed by atoms with Crippen LogP contribution in [0.1, 0.15) is 11.6 Å². The first-order valence-corrected chi connectivity index (χ1v) is 7.46. The minimum atomic E-state index is -1.05. The van der Waals surface area contributed by atoms with Gasteiger partial charge in [0, 0.05) is 22.7 Å². The molecule has 4 atom stereocenters. The highest BCUT2D eigenvalue weighted by Gasteiger charge is 2.68. The van der Waals surface area contributed by atoms with Gasteiger partial charge in [0.2, 0.25) is 0 Å². The lowest BCUT2D eigenvalue weighted by Crippen LogP contribution is -2.42. The molecule has 0 unspecified atom stereocenters. The lowest BCUT2D eigenvalue weighted by Gasteiger charge is -2.21. The minimum absolute atomic E-state index is 0.383. The van der Waals surface area contributed by atoms with Crippen molar-refractivity contribution in [1.29, 1.82) is 0 Å². The summed E-state index contributed by atoms with van der Waals surface area (Å²) in [6.45, 7) is 0. The quantitative estimate of drug-likeness (QED) is 0.516. The van der Waals surface area contributed by atoms with Crippen molar-refractivity contribution in [3.8, 4) is 0 Å². The third-order valence-corrected chi connectivity index (χ3v) is 4.63. The van der Waals surface area contributed by atoms with Crippen LogP contribution in [0.25, 0.3) is 0 Å². The van der Waals surface area contributed by atoms with Gasteiger partial charge in [0.25, 0.3) is 0 Å². The van der Waals surface area contributed by atoms with E-state index in [1.807, 2.05) is 0 Å². The molecule has 0 aromatic heterocycles. The molecule has 1 saturated heterocycles. The second-order valence-corrected chi connectivity index (χ2v) is 5.93. The van der Waals surface area contributed by atoms with Crippen molar-refractivity contribution < 1.29 is 19.0 Å². The van der Waals surface area contributed by atoms with Gasteiger partial charge in [0.1, 0.15) is 6.10 Å². The molecular formula is C15H15Cl2NO4. The third kappa shape index (κ3) is 2.33. The highest BCUT2D eigenvalue weighted by atomic mass is 35.5. The van der Waals surface area contributed by atoms with Crippen molar-refractivity contribution in [1.82, 2.24) is 5.32 Å². The average Bonchev–Trinajstić information content (AvgIpc) is 3.05. The maximum Gasteiger partial charge on any atom is 0.331 e. The van der Waals surface area contributed by atoms with Crippen molar-refractivity contribution in [3.63, 3.8) is 0 Å². The van der Waals surface area contributed by atoms with Crippen LogP contribution in [0.2, 0.25) is 10.0 Å². The van der Waals surface area contributed by atoms with Crippen molar-refractivity contribution in [2.45, 2.75) is 24.0 Å². The Kier molecular flexibility index (Phi) is 4.18. The summed E-state index contributed by atoms with van der Waals surface area (Å²) < 4.78 is 15.8. The number of hydrogen-bond acceptors (Lipinski definition) is 5. The van der Waals surface area contributed by atoms with Gasteiger partial charge in [0.05, 0.1) is 13.2 Å². The van der Waals surface area contributed by atoms with Gasteiger partial charge < -0.3 is 14.2 Å². The van der Waals surface area contributed by atoms with E-state index >= 15 is 0 Å². The van der Waals surface area contributed by atoms with Crippen LogP contribution in [0, 0.1) is 0 Å². The van der Waals surface area contributed by atoms with Gasteiger partial charge >= 0.3 is 5.97 Å². The van der Waals surface area contributed by atoms with Crippen molar-refractivity contribution in [2.75, 3.05) is 14.2 Å². The van der Waals surface area contributed by atoms with Crippen molar-refractivity contribution in [2.24, 2.45) is 0 Å². The molecule has 1 fully saturated rings. The van der Waals surface area contributed by atoms with E-state index in [2.05, 4.69) is 5.32 Å². The summed E-state index contributed by atoms with van der Waals surface area (Å²) in [5, 5.41) is 4.12. The predicted octanol–water partition coefficient (Wildman–Crippen LogP) is 2.48. The van der Waals surface area contributed by atoms with Crippen LogP contribution in [-0.4, -0.2) is 38.1 Å². The second-order valence-electron chi connectivity index (χ2n) is 5.12. The first-order valence-electron chi connectivity index (χ1n) is 6.71. The molecule has 22 heavy (non-hydrogen) atoms. The SMILES string of the molecule is COC(=O)[C@]1([C@@H]2C=C[C@@H](OC)O2)N[C@@H]1c1c(Cl)cccc1Cl. The molecule has 0 radical (unpaired) electrons. The summed E-state index contributed by atoms with van der Waals surface area (Å²) in [5.74, 6) is -0.431. The fourth-order valence-electron chi connectivity index (χ4n) is 2.81. The van der Waals surface area contributed by atoms with Gasteiger partial charge in [-0.15, -0.1) is 0 Å². The van der Waals surface area contributed by atoms with Crippen LogP contribution >= 0.6 is 23.2 Å². The second kappa shape index (κ2) is 5.83. The standard InChI is InChI=1S/C15H15Cl2NO4/c1-20-11-7-6-10(22-11)15(14(19)21-2)13(18-15)12-8(16)4-3-5-9(12)17/h3-7,10-11,13,18H,1-2H3/t10-,11-,13+,15+/m0/s1. The summed E-state index contributed by atoms with van der Waals surface area (Å²) in [6, 6.07) is 4.83. The fraction of sp³-hybridized carbons (Fsp3) is 0.400. The molecule has 5 nitrogen and oxygen atoms in total. The molecule has 0 bridgehead atoms. The number of carbonyl (C=O) groups is 1. The first kappa shape index (κ1) is 15.8. The molecule has 7 heteroatoms. The van der Waals surface area contributed by atoms with E-state index in [0.29, 0.717) is 15.6 Å². The molecule has 2 aliphatic heterocycles. The van der Waals surface area contributed by atoms with Crippen molar-refractivity contribution >= 4 is 29.2 Å². The minimum Gasteiger partial charge on any atom is -0.467 e. The number of ether oxygens (including phenoxy) is 3. The molecule has 0 saturated carbocycles. The number of rotatable bonds is 4. The van der Waals surface area contributed by atoms with Crippen LogP contribution < -0.4 is 5.32 Å². The Balaban J connectivity index is 1.95. The molecule has 1 N–H and O–H groups in total. The van der Waals surface area contributed by atoms with E-state index in [0.717, 1.165) is 0 Å². The Hall–Kier alpha value is -1.11. The summed E-state index contributed by atoms with van der Waals surface area (Å²) in [4.78, 5) is 12.4. The Morgan fingerprint density at radius 3 is 2.50 bits per heavy atom. The topological polar surface area (TPSA) is 66.7 Å². The van der Waals surface area contributed by atoms with E-state index in [9.17, 15) is 4.79 Å². The van der Waals surface area contributed by atoms with E-state index < -0.39 is 23.9 Å². The maximum absolute atomic E-state index is 12.4. The van der Waals surface area contributed by atoms with Gasteiger partial charge in [0.15, 0.2) is 11.8 Å². The number of nitrogens with one attached hydrogen (secondary N) is 1. The molecule has 1 aromatic carbocycles. The van der Waals surface area contributed by atoms with Gasteiger partial charge in [-0.05, 0) is 18.2 Å². The highest BCUT2D eigenvalue weighted by molar-refractivity contribution is 6.36. The van der Waals surface area contributed by atoms with Gasteiger partial charge in [-0.25, -0.2) is 4.79 Å².